The molecule has 1 heteroatoms. The largest absolute Gasteiger partial charge is 0.135 e. The third kappa shape index (κ3) is 3.80. The van der Waals surface area contributed by atoms with E-state index in [0.717, 1.165) is 0 Å². The Morgan fingerprint density at radius 1 is 0.353 bits per heavy atom. The average Bonchev–Trinajstić information content (AvgIpc) is 3.72. The highest BCUT2D eigenvalue weighted by Gasteiger charge is 2.45. The third-order valence-electron chi connectivity index (χ3n) is 12.2. The molecule has 11 rings (SSSR count). The molecule has 0 spiro atoms. The molecule has 242 valence electrons. The monoisotopic (exact) mass is 668 g/mol. The van der Waals surface area contributed by atoms with Crippen LogP contribution in [0.1, 0.15) is 49.9 Å². The first-order valence-electron chi connectivity index (χ1n) is 18.1. The SMILES string of the molecule is CC1(C)c2ccccc2-c2ccc3c(c21)C(C)(C)c1ccc(-c2c4ccccc4c(-c4ccc5sc6ccccc6c5c4)c4ccccc24)cc1-3. The Kier molecular flexibility index (Phi) is 5.77. The molecule has 0 saturated carbocycles. The summed E-state index contributed by atoms with van der Waals surface area (Å²) in [7, 11) is 0. The highest BCUT2D eigenvalue weighted by molar-refractivity contribution is 7.25. The van der Waals surface area contributed by atoms with E-state index in [1.807, 2.05) is 11.3 Å². The van der Waals surface area contributed by atoms with Gasteiger partial charge in [-0.05, 0) is 113 Å². The van der Waals surface area contributed by atoms with Crippen LogP contribution in [0.4, 0.5) is 0 Å². The van der Waals surface area contributed by atoms with Gasteiger partial charge in [-0.25, -0.2) is 0 Å². The molecule has 0 N–H and O–H groups in total. The molecule has 9 aromatic rings. The van der Waals surface area contributed by atoms with Crippen LogP contribution < -0.4 is 0 Å². The van der Waals surface area contributed by atoms with Crippen molar-refractivity contribution >= 4 is 53.1 Å². The van der Waals surface area contributed by atoms with Gasteiger partial charge in [0, 0.05) is 31.0 Å². The smallest absolute Gasteiger partial charge is 0.0355 e. The average molecular weight is 669 g/mol. The molecular weight excluding hydrogens is 633 g/mol. The van der Waals surface area contributed by atoms with Gasteiger partial charge in [0.2, 0.25) is 0 Å². The van der Waals surface area contributed by atoms with E-state index in [1.165, 1.54) is 108 Å². The molecule has 0 amide bonds. The maximum absolute atomic E-state index is 2.50. The Hall–Kier alpha value is -5.50. The number of benzene rings is 8. The van der Waals surface area contributed by atoms with Crippen molar-refractivity contribution in [3.05, 3.63) is 168 Å². The van der Waals surface area contributed by atoms with Crippen molar-refractivity contribution in [3.63, 3.8) is 0 Å². The standard InChI is InChI=1S/C50H36S/c1-49(2)41-19-11-9-13-31(41)37-23-24-38-39-27-29(21-25-42(39)50(3,4)48(38)47(37)49)45-33-15-5-7-17-35(33)46(36-18-8-6-16-34(36)45)30-22-26-44-40(28-30)32-14-10-12-20-43(32)51-44/h5-28H,1-4H3. The predicted molar refractivity (Wildman–Crippen MR) is 220 cm³/mol. The van der Waals surface area contributed by atoms with Crippen molar-refractivity contribution < 1.29 is 0 Å². The number of thiophene rings is 1. The lowest BCUT2D eigenvalue weighted by Gasteiger charge is -2.30. The summed E-state index contributed by atoms with van der Waals surface area (Å²) < 4.78 is 2.68. The van der Waals surface area contributed by atoms with E-state index < -0.39 is 0 Å². The van der Waals surface area contributed by atoms with Gasteiger partial charge in [0.15, 0.2) is 0 Å². The fourth-order valence-electron chi connectivity index (χ4n) is 9.98. The number of hydrogen-bond acceptors (Lipinski definition) is 1. The summed E-state index contributed by atoms with van der Waals surface area (Å²) >= 11 is 1.88. The quantitative estimate of drug-likeness (QED) is 0.161. The van der Waals surface area contributed by atoms with Crippen LogP contribution in [-0.2, 0) is 10.8 Å². The van der Waals surface area contributed by atoms with Crippen LogP contribution in [0.25, 0.3) is 86.2 Å². The van der Waals surface area contributed by atoms with Gasteiger partial charge >= 0.3 is 0 Å². The minimum Gasteiger partial charge on any atom is -0.135 e. The predicted octanol–water partition coefficient (Wildman–Crippen LogP) is 14.3. The molecule has 8 aromatic carbocycles. The molecule has 0 nitrogen and oxygen atoms in total. The van der Waals surface area contributed by atoms with Gasteiger partial charge < -0.3 is 0 Å². The Morgan fingerprint density at radius 3 is 1.47 bits per heavy atom. The molecule has 2 aliphatic rings. The van der Waals surface area contributed by atoms with E-state index in [0.29, 0.717) is 0 Å². The Bertz CT molecular complexity index is 2910. The summed E-state index contributed by atoms with van der Waals surface area (Å²) in [6.45, 7) is 9.70. The van der Waals surface area contributed by atoms with Gasteiger partial charge in [0.25, 0.3) is 0 Å². The second-order valence-electron chi connectivity index (χ2n) is 15.6. The lowest BCUT2D eigenvalue weighted by atomic mass is 9.72. The highest BCUT2D eigenvalue weighted by atomic mass is 32.1. The molecule has 0 radical (unpaired) electrons. The van der Waals surface area contributed by atoms with E-state index in [9.17, 15) is 0 Å². The summed E-state index contributed by atoms with van der Waals surface area (Å²) in [4.78, 5) is 0. The lowest BCUT2D eigenvalue weighted by molar-refractivity contribution is 0.601. The maximum atomic E-state index is 2.50. The van der Waals surface area contributed by atoms with Crippen molar-refractivity contribution in [3.8, 4) is 44.5 Å². The van der Waals surface area contributed by atoms with Gasteiger partial charge in [-0.1, -0.05) is 149 Å². The molecular formula is C50H36S. The van der Waals surface area contributed by atoms with Crippen LogP contribution >= 0.6 is 11.3 Å². The minimum absolute atomic E-state index is 0.0556. The molecule has 0 aliphatic heterocycles. The lowest BCUT2D eigenvalue weighted by Crippen LogP contribution is -2.24. The first kappa shape index (κ1) is 29.3. The molecule has 0 bridgehead atoms. The van der Waals surface area contributed by atoms with E-state index in [-0.39, 0.29) is 10.8 Å². The van der Waals surface area contributed by atoms with Crippen LogP contribution in [0.5, 0.6) is 0 Å². The topological polar surface area (TPSA) is 0 Å². The van der Waals surface area contributed by atoms with Crippen LogP contribution in [0.3, 0.4) is 0 Å². The van der Waals surface area contributed by atoms with Gasteiger partial charge in [0.05, 0.1) is 0 Å². The van der Waals surface area contributed by atoms with E-state index in [2.05, 4.69) is 173 Å². The van der Waals surface area contributed by atoms with Crippen molar-refractivity contribution in [2.75, 3.05) is 0 Å². The number of rotatable bonds is 2. The zero-order valence-electron chi connectivity index (χ0n) is 29.3. The molecule has 0 unspecified atom stereocenters. The summed E-state index contributed by atoms with van der Waals surface area (Å²) in [6.07, 6.45) is 0. The van der Waals surface area contributed by atoms with Crippen molar-refractivity contribution in [2.24, 2.45) is 0 Å². The summed E-state index contributed by atoms with van der Waals surface area (Å²) in [5.41, 5.74) is 16.4. The Balaban J connectivity index is 1.16. The minimum atomic E-state index is -0.105. The zero-order chi connectivity index (χ0) is 34.2. The van der Waals surface area contributed by atoms with Crippen molar-refractivity contribution in [1.82, 2.24) is 0 Å². The van der Waals surface area contributed by atoms with Crippen LogP contribution in [0, 0.1) is 0 Å². The van der Waals surface area contributed by atoms with Gasteiger partial charge in [-0.3, -0.25) is 0 Å². The molecule has 1 heterocycles. The van der Waals surface area contributed by atoms with Gasteiger partial charge in [-0.15, -0.1) is 11.3 Å². The van der Waals surface area contributed by atoms with Gasteiger partial charge in [0.1, 0.15) is 0 Å². The maximum Gasteiger partial charge on any atom is 0.0355 e. The van der Waals surface area contributed by atoms with E-state index in [1.54, 1.807) is 0 Å². The first-order chi connectivity index (χ1) is 24.8. The van der Waals surface area contributed by atoms with Crippen LogP contribution in [0.2, 0.25) is 0 Å². The molecule has 51 heavy (non-hydrogen) atoms. The summed E-state index contributed by atoms with van der Waals surface area (Å²) in [5, 5.41) is 7.85. The second-order valence-corrected chi connectivity index (χ2v) is 16.7. The Morgan fingerprint density at radius 2 is 0.824 bits per heavy atom. The van der Waals surface area contributed by atoms with Crippen molar-refractivity contribution in [1.29, 1.82) is 0 Å². The fraction of sp³-hybridized carbons (Fsp3) is 0.120. The molecule has 2 aliphatic carbocycles. The van der Waals surface area contributed by atoms with Gasteiger partial charge in [-0.2, -0.15) is 0 Å². The first-order valence-corrected chi connectivity index (χ1v) is 18.9. The van der Waals surface area contributed by atoms with Crippen LogP contribution in [0.15, 0.2) is 146 Å². The molecule has 1 aromatic heterocycles. The zero-order valence-corrected chi connectivity index (χ0v) is 30.1. The highest BCUT2D eigenvalue weighted by Crippen LogP contribution is 2.59. The molecule has 0 saturated heterocycles. The van der Waals surface area contributed by atoms with Crippen molar-refractivity contribution in [2.45, 2.75) is 38.5 Å². The van der Waals surface area contributed by atoms with E-state index >= 15 is 0 Å². The molecule has 0 fully saturated rings. The summed E-state index contributed by atoms with van der Waals surface area (Å²) in [6, 6.07) is 55.1. The van der Waals surface area contributed by atoms with Crippen LogP contribution in [-0.4, -0.2) is 0 Å². The third-order valence-corrected chi connectivity index (χ3v) is 13.4. The number of hydrogen-bond donors (Lipinski definition) is 0. The normalized spacial score (nSPS) is 15.0. The Labute approximate surface area is 302 Å². The van der Waals surface area contributed by atoms with E-state index in [4.69, 9.17) is 0 Å². The fourth-order valence-corrected chi connectivity index (χ4v) is 11.1. The summed E-state index contributed by atoms with van der Waals surface area (Å²) in [5.74, 6) is 0. The molecule has 0 atom stereocenters. The number of fused-ring (bicyclic) bond motifs is 12. The second kappa shape index (κ2) is 10.1.